The maximum absolute atomic E-state index is 12.0. The minimum absolute atomic E-state index is 0.309. The lowest BCUT2D eigenvalue weighted by atomic mass is 10.1. The fourth-order valence-electron chi connectivity index (χ4n) is 1.16. The molecule has 0 amide bonds. The quantitative estimate of drug-likeness (QED) is 0.831. The Hall–Kier alpha value is -1.76. The number of hydrogen-bond donors (Lipinski definition) is 1. The summed E-state index contributed by atoms with van der Waals surface area (Å²) < 4.78 is 44.0. The Bertz CT molecular complexity index is 403. The van der Waals surface area contributed by atoms with Crippen LogP contribution in [0.4, 0.5) is 13.2 Å². The van der Waals surface area contributed by atoms with Crippen molar-refractivity contribution in [3.8, 4) is 5.75 Å². The summed E-state index contributed by atoms with van der Waals surface area (Å²) in [5, 5.41) is 9.44. The molecule has 0 aliphatic rings. The molecule has 4 nitrogen and oxygen atoms in total. The van der Waals surface area contributed by atoms with Crippen LogP contribution in [-0.4, -0.2) is 24.5 Å². The fourth-order valence-corrected chi connectivity index (χ4v) is 1.16. The van der Waals surface area contributed by atoms with Crippen molar-refractivity contribution in [2.75, 3.05) is 7.11 Å². The van der Waals surface area contributed by atoms with Crippen LogP contribution >= 0.6 is 0 Å². The van der Waals surface area contributed by atoms with Crippen molar-refractivity contribution < 1.29 is 32.5 Å². The van der Waals surface area contributed by atoms with Crippen LogP contribution in [0.3, 0.4) is 0 Å². The minimum Gasteiger partial charge on any atom is -0.467 e. The average molecular weight is 250 g/mol. The van der Waals surface area contributed by atoms with Gasteiger partial charge in [-0.2, -0.15) is 0 Å². The Kier molecular flexibility index (Phi) is 3.95. The van der Waals surface area contributed by atoms with Gasteiger partial charge in [0.15, 0.2) is 6.10 Å². The highest BCUT2D eigenvalue weighted by Gasteiger charge is 2.33. The van der Waals surface area contributed by atoms with Gasteiger partial charge in [-0.1, -0.05) is 18.2 Å². The monoisotopic (exact) mass is 250 g/mol. The molecule has 0 spiro atoms. The number of rotatable bonds is 3. The normalized spacial score (nSPS) is 13.0. The van der Waals surface area contributed by atoms with Crippen LogP contribution in [0.25, 0.3) is 0 Å². The topological polar surface area (TPSA) is 55.8 Å². The van der Waals surface area contributed by atoms with Gasteiger partial charge in [0, 0.05) is 5.56 Å². The van der Waals surface area contributed by atoms with Crippen LogP contribution < -0.4 is 4.74 Å². The Morgan fingerprint density at radius 3 is 2.47 bits per heavy atom. The second-order valence-electron chi connectivity index (χ2n) is 3.01. The number of methoxy groups -OCH3 is 1. The highest BCUT2D eigenvalue weighted by Crippen LogP contribution is 2.30. The van der Waals surface area contributed by atoms with Crippen LogP contribution in [0.1, 0.15) is 11.7 Å². The first-order valence-corrected chi connectivity index (χ1v) is 4.45. The molecule has 0 bridgehead atoms. The van der Waals surface area contributed by atoms with Crippen molar-refractivity contribution in [2.24, 2.45) is 0 Å². The lowest BCUT2D eigenvalue weighted by Crippen LogP contribution is -2.20. The smallest absolute Gasteiger partial charge is 0.467 e. The van der Waals surface area contributed by atoms with E-state index in [1.807, 2.05) is 0 Å². The molecule has 0 fully saturated rings. The summed E-state index contributed by atoms with van der Waals surface area (Å²) in [6.07, 6.45) is -6.72. The van der Waals surface area contributed by atoms with E-state index < -0.39 is 24.2 Å². The molecule has 0 aromatic heterocycles. The third-order valence-corrected chi connectivity index (χ3v) is 1.86. The fraction of sp³-hybridized carbons (Fsp3) is 0.300. The number of alkyl halides is 3. The molecule has 0 saturated carbocycles. The van der Waals surface area contributed by atoms with Crippen LogP contribution in [0.5, 0.6) is 5.75 Å². The molecule has 1 aromatic rings. The van der Waals surface area contributed by atoms with E-state index in [9.17, 15) is 23.1 Å². The molecule has 1 atom stereocenters. The van der Waals surface area contributed by atoms with Crippen molar-refractivity contribution in [2.45, 2.75) is 12.5 Å². The van der Waals surface area contributed by atoms with Gasteiger partial charge in [-0.25, -0.2) is 4.79 Å². The Morgan fingerprint density at radius 1 is 1.35 bits per heavy atom. The number of esters is 1. The molecule has 1 N–H and O–H groups in total. The molecule has 0 aliphatic carbocycles. The minimum atomic E-state index is -4.90. The van der Waals surface area contributed by atoms with Crippen molar-refractivity contribution >= 4 is 5.97 Å². The summed E-state index contributed by atoms with van der Waals surface area (Å²) >= 11 is 0. The number of aliphatic hydroxyl groups excluding tert-OH is 1. The van der Waals surface area contributed by atoms with E-state index in [-0.39, 0.29) is 5.56 Å². The van der Waals surface area contributed by atoms with E-state index in [1.165, 1.54) is 12.1 Å². The molecular weight excluding hydrogens is 241 g/mol. The molecule has 1 aromatic carbocycles. The second-order valence-corrected chi connectivity index (χ2v) is 3.01. The molecule has 0 aliphatic heterocycles. The van der Waals surface area contributed by atoms with Gasteiger partial charge >= 0.3 is 12.3 Å². The molecule has 0 heterocycles. The van der Waals surface area contributed by atoms with Crippen LogP contribution in [0, 0.1) is 0 Å². The van der Waals surface area contributed by atoms with Crippen molar-refractivity contribution in [3.63, 3.8) is 0 Å². The highest BCUT2D eigenvalue weighted by atomic mass is 19.4. The van der Waals surface area contributed by atoms with Crippen LogP contribution in [0.2, 0.25) is 0 Å². The predicted molar refractivity (Wildman–Crippen MR) is 50.1 cm³/mol. The average Bonchev–Trinajstić information content (AvgIpc) is 2.25. The zero-order chi connectivity index (χ0) is 13.1. The largest absolute Gasteiger partial charge is 0.573 e. The summed E-state index contributed by atoms with van der Waals surface area (Å²) in [6, 6.07) is 4.79. The van der Waals surface area contributed by atoms with Gasteiger partial charge in [-0.05, 0) is 6.07 Å². The maximum Gasteiger partial charge on any atom is 0.573 e. The summed E-state index contributed by atoms with van der Waals surface area (Å²) in [7, 11) is 1.01. The first-order valence-electron chi connectivity index (χ1n) is 4.45. The molecule has 1 rings (SSSR count). The third kappa shape index (κ3) is 3.63. The van der Waals surface area contributed by atoms with Crippen LogP contribution in [-0.2, 0) is 9.53 Å². The van der Waals surface area contributed by atoms with Gasteiger partial charge in [0.2, 0.25) is 0 Å². The maximum atomic E-state index is 12.0. The van der Waals surface area contributed by atoms with E-state index in [1.54, 1.807) is 0 Å². The lowest BCUT2D eigenvalue weighted by Gasteiger charge is -2.15. The number of ether oxygens (including phenoxy) is 2. The van der Waals surface area contributed by atoms with Gasteiger partial charge in [0.1, 0.15) is 5.75 Å². The number of carbonyl (C=O) groups excluding carboxylic acids is 1. The number of carbonyl (C=O) groups is 1. The number of aliphatic hydroxyl groups is 1. The van der Waals surface area contributed by atoms with Crippen molar-refractivity contribution in [1.82, 2.24) is 0 Å². The van der Waals surface area contributed by atoms with E-state index in [2.05, 4.69) is 9.47 Å². The van der Waals surface area contributed by atoms with Gasteiger partial charge in [0.05, 0.1) is 7.11 Å². The summed E-state index contributed by atoms with van der Waals surface area (Å²) in [5.74, 6) is -1.71. The molecule has 0 saturated heterocycles. The summed E-state index contributed by atoms with van der Waals surface area (Å²) in [6.45, 7) is 0. The van der Waals surface area contributed by atoms with E-state index in [4.69, 9.17) is 0 Å². The third-order valence-electron chi connectivity index (χ3n) is 1.86. The van der Waals surface area contributed by atoms with E-state index >= 15 is 0 Å². The van der Waals surface area contributed by atoms with Gasteiger partial charge in [0.25, 0.3) is 0 Å². The first-order chi connectivity index (χ1) is 7.85. The number of hydrogen-bond acceptors (Lipinski definition) is 4. The molecule has 7 heteroatoms. The zero-order valence-electron chi connectivity index (χ0n) is 8.69. The molecule has 1 unspecified atom stereocenters. The Labute approximate surface area is 94.6 Å². The second kappa shape index (κ2) is 5.05. The SMILES string of the molecule is COC(=O)C(O)c1ccccc1OC(F)(F)F. The molecule has 17 heavy (non-hydrogen) atoms. The molecular formula is C10H9F3O4. The van der Waals surface area contributed by atoms with Crippen molar-refractivity contribution in [1.29, 1.82) is 0 Å². The van der Waals surface area contributed by atoms with E-state index in [0.29, 0.717) is 0 Å². The highest BCUT2D eigenvalue weighted by molar-refractivity contribution is 5.77. The Balaban J connectivity index is 3.03. The standard InChI is InChI=1S/C10H9F3O4/c1-16-9(15)8(14)6-4-2-3-5-7(6)17-10(11,12)13/h2-5,8,14H,1H3. The molecule has 0 radical (unpaired) electrons. The van der Waals surface area contributed by atoms with Crippen molar-refractivity contribution in [3.05, 3.63) is 29.8 Å². The van der Waals surface area contributed by atoms with Crippen LogP contribution in [0.15, 0.2) is 24.3 Å². The molecule has 94 valence electrons. The lowest BCUT2D eigenvalue weighted by molar-refractivity contribution is -0.275. The summed E-state index contributed by atoms with van der Waals surface area (Å²) in [5.41, 5.74) is -0.309. The van der Waals surface area contributed by atoms with E-state index in [0.717, 1.165) is 19.2 Å². The predicted octanol–water partition coefficient (Wildman–Crippen LogP) is 1.79. The van der Waals surface area contributed by atoms with Gasteiger partial charge in [-0.15, -0.1) is 13.2 Å². The Morgan fingerprint density at radius 2 is 1.94 bits per heavy atom. The van der Waals surface area contributed by atoms with Gasteiger partial charge < -0.3 is 14.6 Å². The summed E-state index contributed by atoms with van der Waals surface area (Å²) in [4.78, 5) is 11.0. The first kappa shape index (κ1) is 13.3. The number of halogens is 3. The zero-order valence-corrected chi connectivity index (χ0v) is 8.69. The number of benzene rings is 1. The number of para-hydroxylation sites is 1. The van der Waals surface area contributed by atoms with Gasteiger partial charge in [-0.3, -0.25) is 0 Å².